The highest BCUT2D eigenvalue weighted by Gasteiger charge is 2.18. The van der Waals surface area contributed by atoms with Crippen molar-refractivity contribution in [2.24, 2.45) is 5.92 Å². The number of nitrogens with one attached hydrogen (secondary N) is 3. The summed E-state index contributed by atoms with van der Waals surface area (Å²) in [4.78, 5) is 30.9. The van der Waals surface area contributed by atoms with Crippen LogP contribution in [0.15, 0.2) is 30.4 Å². The Morgan fingerprint density at radius 2 is 2.20 bits per heavy atom. The van der Waals surface area contributed by atoms with Crippen LogP contribution in [-0.4, -0.2) is 28.3 Å². The largest absolute Gasteiger partial charge is 0.356 e. The molecule has 0 bridgehead atoms. The molecule has 1 aliphatic rings. The molecule has 0 spiro atoms. The standard InChI is InChI=1S/C18H21FN4O2/c19-13-8-9-14-15(11-13)22-18(21-14)23-16(24)7-4-10-20-17(25)12-5-2-1-3-6-12/h1-2,8-9,11-12H,3-7,10H2,(H,20,25)(H2,21,22,23,24)/t12-/m0/s1. The number of anilines is 1. The monoisotopic (exact) mass is 344 g/mol. The van der Waals surface area contributed by atoms with Crippen molar-refractivity contribution in [2.45, 2.75) is 32.1 Å². The van der Waals surface area contributed by atoms with Crippen LogP contribution in [0.1, 0.15) is 32.1 Å². The zero-order valence-corrected chi connectivity index (χ0v) is 13.8. The molecule has 7 heteroatoms. The number of amides is 2. The van der Waals surface area contributed by atoms with Crippen LogP contribution in [0.4, 0.5) is 10.3 Å². The predicted octanol–water partition coefficient (Wildman–Crippen LogP) is 2.89. The lowest BCUT2D eigenvalue weighted by Gasteiger charge is -2.17. The van der Waals surface area contributed by atoms with Gasteiger partial charge in [0.05, 0.1) is 11.0 Å². The van der Waals surface area contributed by atoms with Crippen molar-refractivity contribution >= 4 is 28.8 Å². The van der Waals surface area contributed by atoms with Crippen molar-refractivity contribution in [3.05, 3.63) is 36.2 Å². The van der Waals surface area contributed by atoms with Crippen LogP contribution in [0.25, 0.3) is 11.0 Å². The maximum atomic E-state index is 13.1. The smallest absolute Gasteiger partial charge is 0.226 e. The van der Waals surface area contributed by atoms with E-state index < -0.39 is 0 Å². The van der Waals surface area contributed by atoms with E-state index in [-0.39, 0.29) is 30.0 Å². The molecule has 0 unspecified atom stereocenters. The Bertz CT molecular complexity index is 799. The van der Waals surface area contributed by atoms with Crippen molar-refractivity contribution < 1.29 is 14.0 Å². The molecule has 2 amide bonds. The Balaban J connectivity index is 1.40. The zero-order chi connectivity index (χ0) is 17.6. The van der Waals surface area contributed by atoms with E-state index in [1.807, 2.05) is 6.08 Å². The first-order chi connectivity index (χ1) is 12.1. The summed E-state index contributed by atoms with van der Waals surface area (Å²) in [5, 5.41) is 5.53. The quantitative estimate of drug-likeness (QED) is 0.556. The van der Waals surface area contributed by atoms with Gasteiger partial charge in [-0.3, -0.25) is 14.9 Å². The van der Waals surface area contributed by atoms with E-state index in [0.29, 0.717) is 29.9 Å². The van der Waals surface area contributed by atoms with Crippen molar-refractivity contribution in [3.8, 4) is 0 Å². The molecule has 0 saturated carbocycles. The lowest BCUT2D eigenvalue weighted by atomic mass is 9.94. The predicted molar refractivity (Wildman–Crippen MR) is 93.4 cm³/mol. The molecule has 25 heavy (non-hydrogen) atoms. The van der Waals surface area contributed by atoms with Crippen molar-refractivity contribution in [3.63, 3.8) is 0 Å². The van der Waals surface area contributed by atoms with Crippen molar-refractivity contribution in [1.82, 2.24) is 15.3 Å². The molecular weight excluding hydrogens is 323 g/mol. The molecule has 3 N–H and O–H groups in total. The van der Waals surface area contributed by atoms with E-state index in [9.17, 15) is 14.0 Å². The number of carbonyl (C=O) groups excluding carboxylic acids is 2. The van der Waals surface area contributed by atoms with E-state index in [4.69, 9.17) is 0 Å². The fraction of sp³-hybridized carbons (Fsp3) is 0.389. The molecule has 1 aromatic carbocycles. The zero-order valence-electron chi connectivity index (χ0n) is 13.8. The van der Waals surface area contributed by atoms with Gasteiger partial charge in [0.15, 0.2) is 0 Å². The minimum Gasteiger partial charge on any atom is -0.356 e. The van der Waals surface area contributed by atoms with Gasteiger partial charge in [-0.25, -0.2) is 9.37 Å². The lowest BCUT2D eigenvalue weighted by Crippen LogP contribution is -2.32. The number of fused-ring (bicyclic) bond motifs is 1. The van der Waals surface area contributed by atoms with E-state index >= 15 is 0 Å². The minimum absolute atomic E-state index is 0.0507. The van der Waals surface area contributed by atoms with Gasteiger partial charge in [-0.2, -0.15) is 0 Å². The van der Waals surface area contributed by atoms with Gasteiger partial charge in [0, 0.05) is 18.9 Å². The number of H-pyrrole nitrogens is 1. The molecule has 0 radical (unpaired) electrons. The van der Waals surface area contributed by atoms with Gasteiger partial charge in [0.25, 0.3) is 0 Å². The molecule has 1 aliphatic carbocycles. The normalized spacial score (nSPS) is 16.8. The van der Waals surface area contributed by atoms with Crippen LogP contribution in [0.5, 0.6) is 0 Å². The molecule has 0 aliphatic heterocycles. The number of aromatic nitrogens is 2. The molecule has 2 aromatic rings. The highest BCUT2D eigenvalue weighted by Crippen LogP contribution is 2.18. The fourth-order valence-electron chi connectivity index (χ4n) is 2.87. The summed E-state index contributed by atoms with van der Waals surface area (Å²) in [6.45, 7) is 0.470. The third-order valence-corrected chi connectivity index (χ3v) is 4.22. The van der Waals surface area contributed by atoms with E-state index in [1.165, 1.54) is 12.1 Å². The van der Waals surface area contributed by atoms with Crippen LogP contribution in [0.2, 0.25) is 0 Å². The molecular formula is C18H21FN4O2. The lowest BCUT2D eigenvalue weighted by molar-refractivity contribution is -0.125. The summed E-state index contributed by atoms with van der Waals surface area (Å²) in [6.07, 6.45) is 7.59. The van der Waals surface area contributed by atoms with Gasteiger partial charge in [-0.05, 0) is 43.9 Å². The van der Waals surface area contributed by atoms with Gasteiger partial charge >= 0.3 is 0 Å². The maximum absolute atomic E-state index is 13.1. The van der Waals surface area contributed by atoms with Crippen LogP contribution >= 0.6 is 0 Å². The fourth-order valence-corrected chi connectivity index (χ4v) is 2.87. The van der Waals surface area contributed by atoms with Gasteiger partial charge in [0.1, 0.15) is 5.82 Å². The first-order valence-corrected chi connectivity index (χ1v) is 8.49. The first kappa shape index (κ1) is 17.1. The Labute approximate surface area is 144 Å². The number of imidazole rings is 1. The minimum atomic E-state index is -0.363. The van der Waals surface area contributed by atoms with Gasteiger partial charge < -0.3 is 10.3 Å². The van der Waals surface area contributed by atoms with E-state index in [1.54, 1.807) is 6.07 Å². The average molecular weight is 344 g/mol. The number of rotatable bonds is 6. The molecule has 132 valence electrons. The highest BCUT2D eigenvalue weighted by molar-refractivity contribution is 5.91. The molecule has 0 saturated heterocycles. The first-order valence-electron chi connectivity index (χ1n) is 8.49. The summed E-state index contributed by atoms with van der Waals surface area (Å²) in [5.74, 6) is -0.157. The summed E-state index contributed by atoms with van der Waals surface area (Å²) >= 11 is 0. The maximum Gasteiger partial charge on any atom is 0.226 e. The number of nitrogens with zero attached hydrogens (tertiary/aromatic N) is 1. The summed E-state index contributed by atoms with van der Waals surface area (Å²) in [7, 11) is 0. The topological polar surface area (TPSA) is 86.9 Å². The molecule has 1 atom stereocenters. The molecule has 1 aromatic heterocycles. The second-order valence-corrected chi connectivity index (χ2v) is 6.17. The summed E-state index contributed by atoms with van der Waals surface area (Å²) in [5.41, 5.74) is 1.12. The Kier molecular flexibility index (Phi) is 5.42. The third-order valence-electron chi connectivity index (χ3n) is 4.22. The Hall–Kier alpha value is -2.70. The van der Waals surface area contributed by atoms with E-state index in [2.05, 4.69) is 26.7 Å². The van der Waals surface area contributed by atoms with Gasteiger partial charge in [-0.15, -0.1) is 0 Å². The number of hydrogen-bond acceptors (Lipinski definition) is 3. The second kappa shape index (κ2) is 7.92. The number of benzene rings is 1. The summed E-state index contributed by atoms with van der Waals surface area (Å²) in [6, 6.07) is 4.19. The second-order valence-electron chi connectivity index (χ2n) is 6.17. The molecule has 0 fully saturated rings. The third kappa shape index (κ3) is 4.65. The number of halogens is 1. The Morgan fingerprint density at radius 3 is 3.00 bits per heavy atom. The van der Waals surface area contributed by atoms with Crippen LogP contribution < -0.4 is 10.6 Å². The molecule has 6 nitrogen and oxygen atoms in total. The van der Waals surface area contributed by atoms with Crippen LogP contribution in [0, 0.1) is 11.7 Å². The van der Waals surface area contributed by atoms with Gasteiger partial charge in [0.2, 0.25) is 17.8 Å². The highest BCUT2D eigenvalue weighted by atomic mass is 19.1. The van der Waals surface area contributed by atoms with Crippen molar-refractivity contribution in [1.29, 1.82) is 0 Å². The number of allylic oxidation sites excluding steroid dienone is 2. The van der Waals surface area contributed by atoms with Crippen LogP contribution in [0.3, 0.4) is 0 Å². The van der Waals surface area contributed by atoms with Gasteiger partial charge in [-0.1, -0.05) is 12.2 Å². The SMILES string of the molecule is O=C(CCCNC(=O)[C@H]1CC=CCC1)Nc1nc2ccc(F)cc2[nH]1. The molecule has 3 rings (SSSR count). The number of hydrogen-bond donors (Lipinski definition) is 3. The van der Waals surface area contributed by atoms with E-state index in [0.717, 1.165) is 19.3 Å². The van der Waals surface area contributed by atoms with Crippen LogP contribution in [-0.2, 0) is 9.59 Å². The average Bonchev–Trinajstić information content (AvgIpc) is 3.00. The number of aromatic amines is 1. The summed E-state index contributed by atoms with van der Waals surface area (Å²) < 4.78 is 13.1. The Morgan fingerprint density at radius 1 is 1.32 bits per heavy atom. The van der Waals surface area contributed by atoms with Crippen molar-refractivity contribution in [2.75, 3.05) is 11.9 Å². The molecule has 1 heterocycles. The number of carbonyl (C=O) groups is 2.